The lowest BCUT2D eigenvalue weighted by Gasteiger charge is -2.19. The van der Waals surface area contributed by atoms with E-state index in [1.807, 2.05) is 0 Å². The molecule has 0 unspecified atom stereocenters. The van der Waals surface area contributed by atoms with Gasteiger partial charge in [0, 0.05) is 7.11 Å². The highest BCUT2D eigenvalue weighted by Crippen LogP contribution is 2.10. The van der Waals surface area contributed by atoms with Gasteiger partial charge in [0.1, 0.15) is 0 Å². The fourth-order valence-electron chi connectivity index (χ4n) is 0.429. The molecule has 0 N–H and O–H groups in total. The van der Waals surface area contributed by atoms with Crippen molar-refractivity contribution in [2.75, 3.05) is 13.7 Å². The molecule has 0 aromatic heterocycles. The minimum atomic E-state index is -1.13. The average molecular weight is 190 g/mol. The van der Waals surface area contributed by atoms with E-state index in [9.17, 15) is 9.59 Å². The van der Waals surface area contributed by atoms with Crippen LogP contribution in [0.1, 0.15) is 20.8 Å². The van der Waals surface area contributed by atoms with E-state index in [0.717, 1.165) is 0 Å². The van der Waals surface area contributed by atoms with E-state index in [-0.39, 0.29) is 6.61 Å². The van der Waals surface area contributed by atoms with Gasteiger partial charge in [0.2, 0.25) is 0 Å². The van der Waals surface area contributed by atoms with Crippen LogP contribution in [0.5, 0.6) is 0 Å². The van der Waals surface area contributed by atoms with Crippen LogP contribution in [0, 0.1) is 0 Å². The Morgan fingerprint density at radius 3 is 2.23 bits per heavy atom. The van der Waals surface area contributed by atoms with Crippen LogP contribution in [0.4, 0.5) is 4.79 Å². The number of carbonyl (C=O) groups excluding carboxylic acids is 2. The van der Waals surface area contributed by atoms with Crippen LogP contribution < -0.4 is 0 Å². The van der Waals surface area contributed by atoms with Gasteiger partial charge in [-0.2, -0.15) is 0 Å². The van der Waals surface area contributed by atoms with Crippen LogP contribution in [0.15, 0.2) is 0 Å². The molecule has 0 aromatic carbocycles. The highest BCUT2D eigenvalue weighted by Gasteiger charge is 2.31. The summed E-state index contributed by atoms with van der Waals surface area (Å²) >= 11 is 0. The van der Waals surface area contributed by atoms with Crippen molar-refractivity contribution in [3.8, 4) is 0 Å². The monoisotopic (exact) mass is 190 g/mol. The van der Waals surface area contributed by atoms with Gasteiger partial charge >= 0.3 is 12.1 Å². The quantitative estimate of drug-likeness (QED) is 0.492. The predicted molar refractivity (Wildman–Crippen MR) is 44.2 cm³/mol. The molecular formula is C8H14O5. The summed E-state index contributed by atoms with van der Waals surface area (Å²) in [6.45, 7) is 4.77. The van der Waals surface area contributed by atoms with Crippen molar-refractivity contribution in [1.29, 1.82) is 0 Å². The minimum Gasteiger partial charge on any atom is -0.434 e. The highest BCUT2D eigenvalue weighted by molar-refractivity contribution is 5.87. The van der Waals surface area contributed by atoms with Crippen LogP contribution in [0.25, 0.3) is 0 Å². The van der Waals surface area contributed by atoms with Gasteiger partial charge in [0.25, 0.3) is 0 Å². The maximum absolute atomic E-state index is 11.1. The number of hydrogen-bond donors (Lipinski definition) is 0. The van der Waals surface area contributed by atoms with E-state index in [1.54, 1.807) is 6.92 Å². The first-order valence-electron chi connectivity index (χ1n) is 3.88. The molecule has 0 heterocycles. The Bertz CT molecular complexity index is 197. The van der Waals surface area contributed by atoms with Gasteiger partial charge in [-0.15, -0.1) is 0 Å². The molecule has 0 aromatic rings. The van der Waals surface area contributed by atoms with Crippen LogP contribution in [0.3, 0.4) is 0 Å². The number of carbonyl (C=O) groups is 2. The first kappa shape index (κ1) is 11.9. The normalized spacial score (nSPS) is 10.8. The fourth-order valence-corrected chi connectivity index (χ4v) is 0.429. The Kier molecular flexibility index (Phi) is 4.40. The Morgan fingerprint density at radius 2 is 1.85 bits per heavy atom. The summed E-state index contributed by atoms with van der Waals surface area (Å²) in [6, 6.07) is 0. The van der Waals surface area contributed by atoms with Crippen molar-refractivity contribution >= 4 is 12.1 Å². The first-order chi connectivity index (χ1) is 5.94. The molecule has 0 aliphatic rings. The molecule has 0 spiro atoms. The number of rotatable bonds is 3. The van der Waals surface area contributed by atoms with Crippen molar-refractivity contribution in [3.05, 3.63) is 0 Å². The third-order valence-corrected chi connectivity index (χ3v) is 1.44. The van der Waals surface area contributed by atoms with E-state index in [4.69, 9.17) is 4.74 Å². The summed E-state index contributed by atoms with van der Waals surface area (Å²) in [5, 5.41) is 0. The average Bonchev–Trinajstić information content (AvgIpc) is 2.04. The summed E-state index contributed by atoms with van der Waals surface area (Å²) in [4.78, 5) is 21.8. The maximum atomic E-state index is 11.1. The van der Waals surface area contributed by atoms with E-state index in [1.165, 1.54) is 21.0 Å². The van der Waals surface area contributed by atoms with Crippen LogP contribution in [-0.4, -0.2) is 31.4 Å². The third-order valence-electron chi connectivity index (χ3n) is 1.44. The molecule has 5 heteroatoms. The smallest absolute Gasteiger partial charge is 0.434 e. The van der Waals surface area contributed by atoms with Gasteiger partial charge in [-0.1, -0.05) is 0 Å². The lowest BCUT2D eigenvalue weighted by atomic mass is 10.1. The molecule has 5 nitrogen and oxygen atoms in total. The third kappa shape index (κ3) is 3.89. The van der Waals surface area contributed by atoms with E-state index < -0.39 is 17.7 Å². The van der Waals surface area contributed by atoms with E-state index in [2.05, 4.69) is 9.47 Å². The highest BCUT2D eigenvalue weighted by atomic mass is 16.7. The summed E-state index contributed by atoms with van der Waals surface area (Å²) in [7, 11) is 1.35. The SMILES string of the molecule is CCOC(=O)OC(=O)C(C)(C)OC. The second-order valence-corrected chi connectivity index (χ2v) is 2.79. The van der Waals surface area contributed by atoms with Crippen LogP contribution >= 0.6 is 0 Å². The number of esters is 1. The Labute approximate surface area is 77.0 Å². The van der Waals surface area contributed by atoms with Crippen molar-refractivity contribution in [3.63, 3.8) is 0 Å². The zero-order valence-electron chi connectivity index (χ0n) is 8.25. The second-order valence-electron chi connectivity index (χ2n) is 2.79. The number of hydrogen-bond acceptors (Lipinski definition) is 5. The molecule has 0 radical (unpaired) electrons. The lowest BCUT2D eigenvalue weighted by Crippen LogP contribution is -2.37. The van der Waals surface area contributed by atoms with Crippen molar-refractivity contribution < 1.29 is 23.8 Å². The molecule has 0 bridgehead atoms. The van der Waals surface area contributed by atoms with Crippen molar-refractivity contribution in [2.24, 2.45) is 0 Å². The molecule has 0 rings (SSSR count). The number of ether oxygens (including phenoxy) is 3. The van der Waals surface area contributed by atoms with Crippen molar-refractivity contribution in [1.82, 2.24) is 0 Å². The zero-order chi connectivity index (χ0) is 10.5. The number of methoxy groups -OCH3 is 1. The molecule has 13 heavy (non-hydrogen) atoms. The van der Waals surface area contributed by atoms with E-state index in [0.29, 0.717) is 0 Å². The molecule has 0 aliphatic heterocycles. The summed E-state index contributed by atoms with van der Waals surface area (Å²) < 4.78 is 13.5. The minimum absolute atomic E-state index is 0.166. The Hall–Kier alpha value is -1.10. The van der Waals surface area contributed by atoms with Gasteiger partial charge in [-0.3, -0.25) is 0 Å². The molecule has 0 saturated carbocycles. The van der Waals surface area contributed by atoms with E-state index >= 15 is 0 Å². The molecule has 0 fully saturated rings. The molecule has 0 aliphatic carbocycles. The zero-order valence-corrected chi connectivity index (χ0v) is 8.25. The molecule has 0 atom stereocenters. The van der Waals surface area contributed by atoms with Crippen LogP contribution in [-0.2, 0) is 19.0 Å². The largest absolute Gasteiger partial charge is 0.516 e. The Balaban J connectivity index is 4.07. The van der Waals surface area contributed by atoms with Crippen molar-refractivity contribution in [2.45, 2.75) is 26.4 Å². The van der Waals surface area contributed by atoms with Gasteiger partial charge in [0.15, 0.2) is 5.60 Å². The topological polar surface area (TPSA) is 61.8 Å². The van der Waals surface area contributed by atoms with Gasteiger partial charge in [0.05, 0.1) is 6.61 Å². The molecule has 0 amide bonds. The Morgan fingerprint density at radius 1 is 1.31 bits per heavy atom. The lowest BCUT2D eigenvalue weighted by molar-refractivity contribution is -0.160. The predicted octanol–water partition coefficient (Wildman–Crippen LogP) is 1.11. The van der Waals surface area contributed by atoms with Crippen LogP contribution in [0.2, 0.25) is 0 Å². The molecular weight excluding hydrogens is 176 g/mol. The fraction of sp³-hybridized carbons (Fsp3) is 0.750. The standard InChI is InChI=1S/C8H14O5/c1-5-12-7(10)13-6(9)8(2,3)11-4/h5H2,1-4H3. The summed E-state index contributed by atoms with van der Waals surface area (Å²) in [5.41, 5.74) is -1.13. The molecule has 0 saturated heterocycles. The molecule has 76 valence electrons. The van der Waals surface area contributed by atoms with Gasteiger partial charge in [-0.25, -0.2) is 9.59 Å². The summed E-state index contributed by atoms with van der Waals surface area (Å²) in [5.74, 6) is -0.770. The van der Waals surface area contributed by atoms with Gasteiger partial charge < -0.3 is 14.2 Å². The summed E-state index contributed by atoms with van der Waals surface area (Å²) in [6.07, 6.45) is -1.00. The second kappa shape index (κ2) is 4.81. The van der Waals surface area contributed by atoms with Gasteiger partial charge in [-0.05, 0) is 20.8 Å². The maximum Gasteiger partial charge on any atom is 0.516 e. The first-order valence-corrected chi connectivity index (χ1v) is 3.88.